The number of hydrogen-bond donors (Lipinski definition) is 0. The van der Waals surface area contributed by atoms with Crippen LogP contribution >= 0.6 is 11.8 Å². The van der Waals surface area contributed by atoms with Gasteiger partial charge in [0.05, 0.1) is 41.4 Å². The number of piperidine rings is 1. The average molecular weight is 387 g/mol. The first-order valence-corrected chi connectivity index (χ1v) is 10.2. The molecule has 1 aliphatic carbocycles. The first-order chi connectivity index (χ1) is 13.2. The Morgan fingerprint density at radius 1 is 1.37 bits per heavy atom. The molecule has 2 aromatic rings. The van der Waals surface area contributed by atoms with Gasteiger partial charge in [0.1, 0.15) is 11.9 Å². The predicted molar refractivity (Wildman–Crippen MR) is 98.5 cm³/mol. The van der Waals surface area contributed by atoms with E-state index in [2.05, 4.69) is 15.2 Å². The summed E-state index contributed by atoms with van der Waals surface area (Å²) >= 11 is 2.04. The number of halogens is 1. The van der Waals surface area contributed by atoms with Gasteiger partial charge in [0.2, 0.25) is 0 Å². The van der Waals surface area contributed by atoms with Crippen LogP contribution in [-0.2, 0) is 11.3 Å². The summed E-state index contributed by atoms with van der Waals surface area (Å²) in [4.78, 5) is 16.0. The third-order valence-corrected chi connectivity index (χ3v) is 8.14. The van der Waals surface area contributed by atoms with Gasteiger partial charge in [-0.25, -0.2) is 13.9 Å². The fraction of sp³-hybridized carbons (Fsp3) is 0.500. The summed E-state index contributed by atoms with van der Waals surface area (Å²) in [6.07, 6.45) is 4.92. The van der Waals surface area contributed by atoms with E-state index in [-0.39, 0.29) is 11.9 Å². The van der Waals surface area contributed by atoms with Crippen LogP contribution < -0.4 is 9.80 Å². The second kappa shape index (κ2) is 5.37. The van der Waals surface area contributed by atoms with Gasteiger partial charge in [0.25, 0.3) is 0 Å². The molecule has 7 nitrogen and oxygen atoms in total. The van der Waals surface area contributed by atoms with E-state index in [1.807, 2.05) is 23.9 Å². The molecule has 3 saturated heterocycles. The van der Waals surface area contributed by atoms with Crippen LogP contribution in [0.2, 0.25) is 0 Å². The lowest BCUT2D eigenvalue weighted by Gasteiger charge is -2.76. The maximum Gasteiger partial charge on any atom is 0.414 e. The van der Waals surface area contributed by atoms with Gasteiger partial charge in [-0.05, 0) is 31.0 Å². The molecule has 1 spiro atoms. The molecule has 1 aromatic heterocycles. The molecule has 1 aromatic carbocycles. The minimum Gasteiger partial charge on any atom is -0.442 e. The van der Waals surface area contributed by atoms with Gasteiger partial charge < -0.3 is 9.64 Å². The van der Waals surface area contributed by atoms with E-state index < -0.39 is 6.09 Å². The van der Waals surface area contributed by atoms with Crippen molar-refractivity contribution >= 4 is 29.2 Å². The summed E-state index contributed by atoms with van der Waals surface area (Å²) in [6, 6.07) is 6.05. The standard InChI is InChI=1S/C18H18FN5O2S/c19-13-7-11(23-9-12(26-17(23)25)8-22-6-5-20-21-22)1-2-14(13)24-15-3-4-18(15)16(24)10-27-18/h1-2,5-7,12,15-16H,3-4,8-10H2/t12-,15?,16?,18?/m0/s1. The normalized spacial score (nSPS) is 33.5. The van der Waals surface area contributed by atoms with Crippen molar-refractivity contribution in [2.24, 2.45) is 0 Å². The van der Waals surface area contributed by atoms with Crippen molar-refractivity contribution in [1.82, 2.24) is 15.0 Å². The number of rotatable bonds is 4. The molecule has 1 saturated carbocycles. The summed E-state index contributed by atoms with van der Waals surface area (Å²) in [7, 11) is 0. The van der Waals surface area contributed by atoms with Crippen molar-refractivity contribution in [3.63, 3.8) is 0 Å². The SMILES string of the molecule is O=C1O[C@@H](Cn2ccnn2)CN1c1ccc(N2C3CCC34SCC24)c(F)c1. The molecule has 9 heteroatoms. The highest BCUT2D eigenvalue weighted by molar-refractivity contribution is 8.02. The number of amides is 1. The lowest BCUT2D eigenvalue weighted by Crippen LogP contribution is -2.86. The molecule has 6 rings (SSSR count). The Hall–Kier alpha value is -2.29. The first kappa shape index (κ1) is 15.7. The predicted octanol–water partition coefficient (Wildman–Crippen LogP) is 2.28. The van der Waals surface area contributed by atoms with Crippen LogP contribution in [0.5, 0.6) is 0 Å². The Kier molecular flexibility index (Phi) is 3.13. The summed E-state index contributed by atoms with van der Waals surface area (Å²) in [6.45, 7) is 0.798. The van der Waals surface area contributed by atoms with Crippen LogP contribution in [0.3, 0.4) is 0 Å². The fourth-order valence-corrected chi connectivity index (χ4v) is 6.59. The van der Waals surface area contributed by atoms with E-state index in [1.165, 1.54) is 17.4 Å². The summed E-state index contributed by atoms with van der Waals surface area (Å²) < 4.78 is 22.3. The van der Waals surface area contributed by atoms with E-state index in [0.29, 0.717) is 41.3 Å². The minimum atomic E-state index is -0.454. The molecule has 4 atom stereocenters. The molecule has 4 heterocycles. The topological polar surface area (TPSA) is 63.5 Å². The van der Waals surface area contributed by atoms with Gasteiger partial charge in [-0.15, -0.1) is 16.9 Å². The zero-order chi connectivity index (χ0) is 18.2. The summed E-state index contributed by atoms with van der Waals surface area (Å²) in [5.41, 5.74) is 1.20. The highest BCUT2D eigenvalue weighted by Gasteiger charge is 2.71. The van der Waals surface area contributed by atoms with E-state index in [4.69, 9.17) is 4.74 Å². The van der Waals surface area contributed by atoms with Crippen molar-refractivity contribution in [3.05, 3.63) is 36.4 Å². The first-order valence-electron chi connectivity index (χ1n) is 9.20. The zero-order valence-electron chi connectivity index (χ0n) is 14.5. The maximum absolute atomic E-state index is 14.9. The van der Waals surface area contributed by atoms with Crippen molar-refractivity contribution < 1.29 is 13.9 Å². The van der Waals surface area contributed by atoms with Crippen LogP contribution in [0.25, 0.3) is 0 Å². The summed E-state index contributed by atoms with van der Waals surface area (Å²) in [5.74, 6) is 0.817. The number of carbonyl (C=O) groups is 1. The Labute approximate surface area is 159 Å². The second-order valence-electron chi connectivity index (χ2n) is 7.62. The number of anilines is 2. The van der Waals surface area contributed by atoms with Crippen LogP contribution in [-0.4, -0.2) is 56.3 Å². The zero-order valence-corrected chi connectivity index (χ0v) is 15.3. The molecular weight excluding hydrogens is 369 g/mol. The average Bonchev–Trinajstić information content (AvgIpc) is 3.22. The van der Waals surface area contributed by atoms with Crippen LogP contribution in [0.4, 0.5) is 20.6 Å². The Morgan fingerprint density at radius 3 is 2.93 bits per heavy atom. The van der Waals surface area contributed by atoms with E-state index in [0.717, 1.165) is 12.2 Å². The van der Waals surface area contributed by atoms with Gasteiger partial charge >= 0.3 is 6.09 Å². The molecule has 4 aliphatic rings. The Morgan fingerprint density at radius 2 is 2.30 bits per heavy atom. The smallest absolute Gasteiger partial charge is 0.414 e. The Balaban J connectivity index is 1.20. The van der Waals surface area contributed by atoms with E-state index >= 15 is 0 Å². The number of ether oxygens (including phenoxy) is 1. The van der Waals surface area contributed by atoms with Gasteiger partial charge in [-0.2, -0.15) is 0 Å². The number of nitrogens with zero attached hydrogens (tertiary/aromatic N) is 5. The molecule has 27 heavy (non-hydrogen) atoms. The van der Waals surface area contributed by atoms with Crippen LogP contribution in [0.15, 0.2) is 30.6 Å². The molecule has 0 radical (unpaired) electrons. The van der Waals surface area contributed by atoms with Gasteiger partial charge in [0, 0.05) is 18.0 Å². The van der Waals surface area contributed by atoms with Gasteiger partial charge in [-0.1, -0.05) is 5.21 Å². The number of hydrogen-bond acceptors (Lipinski definition) is 6. The minimum absolute atomic E-state index is 0.266. The largest absolute Gasteiger partial charge is 0.442 e. The fourth-order valence-electron chi connectivity index (χ4n) is 4.89. The third kappa shape index (κ3) is 2.06. The molecule has 1 amide bonds. The van der Waals surface area contributed by atoms with Crippen molar-refractivity contribution in [1.29, 1.82) is 0 Å². The quantitative estimate of drug-likeness (QED) is 0.802. The van der Waals surface area contributed by atoms with Crippen molar-refractivity contribution in [3.8, 4) is 0 Å². The van der Waals surface area contributed by atoms with E-state index in [9.17, 15) is 9.18 Å². The number of carbonyl (C=O) groups excluding carboxylic acids is 1. The number of benzene rings is 1. The highest BCUT2D eigenvalue weighted by atomic mass is 32.2. The van der Waals surface area contributed by atoms with Crippen LogP contribution in [0.1, 0.15) is 12.8 Å². The molecule has 0 bridgehead atoms. The lowest BCUT2D eigenvalue weighted by molar-refractivity contribution is 0.123. The van der Waals surface area contributed by atoms with E-state index in [1.54, 1.807) is 17.1 Å². The molecule has 0 N–H and O–H groups in total. The van der Waals surface area contributed by atoms with Gasteiger partial charge in [0.15, 0.2) is 0 Å². The Bertz CT molecular complexity index is 904. The van der Waals surface area contributed by atoms with Crippen molar-refractivity contribution in [2.75, 3.05) is 22.1 Å². The van der Waals surface area contributed by atoms with Crippen molar-refractivity contribution in [2.45, 2.75) is 42.3 Å². The highest BCUT2D eigenvalue weighted by Crippen LogP contribution is 2.67. The molecule has 3 unspecified atom stereocenters. The number of thioether (sulfide) groups is 1. The third-order valence-electron chi connectivity index (χ3n) is 6.38. The summed E-state index contributed by atoms with van der Waals surface area (Å²) in [5, 5.41) is 7.64. The second-order valence-corrected chi connectivity index (χ2v) is 9.00. The molecule has 140 valence electrons. The lowest BCUT2D eigenvalue weighted by atomic mass is 9.63. The number of aromatic nitrogens is 3. The monoisotopic (exact) mass is 387 g/mol. The molecule has 4 fully saturated rings. The molecule has 3 aliphatic heterocycles. The van der Waals surface area contributed by atoms with Gasteiger partial charge in [-0.3, -0.25) is 4.90 Å². The van der Waals surface area contributed by atoms with Crippen LogP contribution in [0, 0.1) is 5.82 Å². The number of cyclic esters (lactones) is 1. The molecular formula is C18H18FN5O2S. The maximum atomic E-state index is 14.9.